The van der Waals surface area contributed by atoms with Crippen molar-refractivity contribution in [2.45, 2.75) is 18.9 Å². The number of aromatic nitrogens is 1. The van der Waals surface area contributed by atoms with Crippen molar-refractivity contribution in [2.75, 3.05) is 13.2 Å². The Morgan fingerprint density at radius 1 is 1.43 bits per heavy atom. The van der Waals surface area contributed by atoms with E-state index in [1.54, 1.807) is 10.6 Å². The Balaban J connectivity index is 2.26. The first kappa shape index (κ1) is 9.93. The average Bonchev–Trinajstić information content (AvgIpc) is 2.19. The zero-order valence-corrected chi connectivity index (χ0v) is 9.37. The molecule has 2 rings (SSSR count). The number of ether oxygens (including phenoxy) is 1. The van der Waals surface area contributed by atoms with Gasteiger partial charge in [0.1, 0.15) is 0 Å². The molecule has 0 aromatic carbocycles. The minimum atomic E-state index is 0.0614. The van der Waals surface area contributed by atoms with Crippen molar-refractivity contribution in [3.8, 4) is 0 Å². The maximum atomic E-state index is 11.6. The Bertz CT molecular complexity index is 369. The zero-order valence-electron chi connectivity index (χ0n) is 7.78. The van der Waals surface area contributed by atoms with Gasteiger partial charge in [-0.1, -0.05) is 15.9 Å². The lowest BCUT2D eigenvalue weighted by molar-refractivity contribution is 0.0686. The van der Waals surface area contributed by atoms with Crippen LogP contribution in [0.3, 0.4) is 0 Å². The molecule has 0 saturated carbocycles. The summed E-state index contributed by atoms with van der Waals surface area (Å²) >= 11 is 3.28. The second-order valence-corrected chi connectivity index (χ2v) is 4.35. The van der Waals surface area contributed by atoms with E-state index in [-0.39, 0.29) is 5.56 Å². The van der Waals surface area contributed by atoms with E-state index in [2.05, 4.69) is 15.9 Å². The Hall–Kier alpha value is -0.610. The van der Waals surface area contributed by atoms with Crippen LogP contribution < -0.4 is 5.56 Å². The Morgan fingerprint density at radius 3 is 2.79 bits per heavy atom. The van der Waals surface area contributed by atoms with E-state index in [0.29, 0.717) is 6.04 Å². The predicted octanol–water partition coefficient (Wildman–Crippen LogP) is 1.96. The summed E-state index contributed by atoms with van der Waals surface area (Å²) in [4.78, 5) is 11.6. The van der Waals surface area contributed by atoms with Gasteiger partial charge < -0.3 is 9.30 Å². The van der Waals surface area contributed by atoms with Gasteiger partial charge in [-0.2, -0.15) is 0 Å². The van der Waals surface area contributed by atoms with E-state index in [1.807, 2.05) is 12.3 Å². The molecule has 76 valence electrons. The molecule has 0 unspecified atom stereocenters. The molecule has 2 heterocycles. The summed E-state index contributed by atoms with van der Waals surface area (Å²) in [6.45, 7) is 1.51. The normalized spacial score (nSPS) is 18.4. The Morgan fingerprint density at radius 2 is 2.14 bits per heavy atom. The summed E-state index contributed by atoms with van der Waals surface area (Å²) in [6, 6.07) is 3.82. The topological polar surface area (TPSA) is 31.2 Å². The second-order valence-electron chi connectivity index (χ2n) is 3.43. The van der Waals surface area contributed by atoms with Crippen LogP contribution >= 0.6 is 15.9 Å². The quantitative estimate of drug-likeness (QED) is 0.771. The number of hydrogen-bond donors (Lipinski definition) is 0. The third-order valence-electron chi connectivity index (χ3n) is 2.49. The predicted molar refractivity (Wildman–Crippen MR) is 57.5 cm³/mol. The maximum absolute atomic E-state index is 11.6. The van der Waals surface area contributed by atoms with Crippen LogP contribution in [-0.2, 0) is 4.74 Å². The van der Waals surface area contributed by atoms with Crippen LogP contribution in [0.15, 0.2) is 27.6 Å². The van der Waals surface area contributed by atoms with E-state index in [1.165, 1.54) is 0 Å². The third-order valence-corrected chi connectivity index (χ3v) is 2.99. The number of rotatable bonds is 1. The molecular weight excluding hydrogens is 246 g/mol. The summed E-state index contributed by atoms with van der Waals surface area (Å²) < 4.78 is 7.90. The van der Waals surface area contributed by atoms with Gasteiger partial charge in [-0.25, -0.2) is 0 Å². The first-order valence-electron chi connectivity index (χ1n) is 4.73. The molecule has 1 aliphatic rings. The fraction of sp³-hybridized carbons (Fsp3) is 0.500. The molecule has 4 heteroatoms. The van der Waals surface area contributed by atoms with Gasteiger partial charge in [-0.3, -0.25) is 4.79 Å². The van der Waals surface area contributed by atoms with Crippen molar-refractivity contribution >= 4 is 15.9 Å². The average molecular weight is 258 g/mol. The molecule has 0 N–H and O–H groups in total. The molecule has 1 saturated heterocycles. The third kappa shape index (κ3) is 2.07. The van der Waals surface area contributed by atoms with Crippen molar-refractivity contribution < 1.29 is 4.74 Å². The molecule has 0 spiro atoms. The molecule has 1 aliphatic heterocycles. The van der Waals surface area contributed by atoms with Crippen LogP contribution in [0.1, 0.15) is 18.9 Å². The molecule has 1 aromatic heterocycles. The van der Waals surface area contributed by atoms with Crippen molar-refractivity contribution in [3.05, 3.63) is 33.2 Å². The number of nitrogens with zero attached hydrogens (tertiary/aromatic N) is 1. The molecule has 0 aliphatic carbocycles. The van der Waals surface area contributed by atoms with Gasteiger partial charge in [0, 0.05) is 36.0 Å². The van der Waals surface area contributed by atoms with E-state index in [0.717, 1.165) is 30.5 Å². The van der Waals surface area contributed by atoms with E-state index in [9.17, 15) is 4.79 Å². The van der Waals surface area contributed by atoms with Crippen molar-refractivity contribution in [1.29, 1.82) is 0 Å². The zero-order chi connectivity index (χ0) is 9.97. The van der Waals surface area contributed by atoms with E-state index >= 15 is 0 Å². The summed E-state index contributed by atoms with van der Waals surface area (Å²) in [5, 5.41) is 0. The van der Waals surface area contributed by atoms with Crippen molar-refractivity contribution in [3.63, 3.8) is 0 Å². The lowest BCUT2D eigenvalue weighted by Gasteiger charge is -2.23. The minimum Gasteiger partial charge on any atom is -0.381 e. The summed E-state index contributed by atoms with van der Waals surface area (Å²) in [5.41, 5.74) is 0.0614. The van der Waals surface area contributed by atoms with Crippen LogP contribution in [0.2, 0.25) is 0 Å². The lowest BCUT2D eigenvalue weighted by Crippen LogP contribution is -2.28. The number of pyridine rings is 1. The van der Waals surface area contributed by atoms with Crippen LogP contribution in [0.25, 0.3) is 0 Å². The standard InChI is InChI=1S/C10H12BrNO2/c11-8-1-4-12(10(13)7-8)9-2-5-14-6-3-9/h1,4,7,9H,2-3,5-6H2. The van der Waals surface area contributed by atoms with Crippen LogP contribution in [-0.4, -0.2) is 17.8 Å². The smallest absolute Gasteiger partial charge is 0.251 e. The Labute approximate surface area is 90.8 Å². The number of hydrogen-bond acceptors (Lipinski definition) is 2. The largest absolute Gasteiger partial charge is 0.381 e. The van der Waals surface area contributed by atoms with Gasteiger partial charge in [-0.15, -0.1) is 0 Å². The van der Waals surface area contributed by atoms with Gasteiger partial charge >= 0.3 is 0 Å². The van der Waals surface area contributed by atoms with Gasteiger partial charge in [0.2, 0.25) is 0 Å². The van der Waals surface area contributed by atoms with Gasteiger partial charge in [0.05, 0.1) is 0 Å². The molecule has 0 atom stereocenters. The summed E-state index contributed by atoms with van der Waals surface area (Å²) in [6.07, 6.45) is 3.71. The molecule has 0 amide bonds. The second kappa shape index (κ2) is 4.28. The van der Waals surface area contributed by atoms with Crippen molar-refractivity contribution in [2.24, 2.45) is 0 Å². The highest BCUT2D eigenvalue weighted by Crippen LogP contribution is 2.19. The van der Waals surface area contributed by atoms with Gasteiger partial charge in [0.25, 0.3) is 5.56 Å². The highest BCUT2D eigenvalue weighted by Gasteiger charge is 2.15. The molecular formula is C10H12BrNO2. The van der Waals surface area contributed by atoms with E-state index < -0.39 is 0 Å². The minimum absolute atomic E-state index is 0.0614. The monoisotopic (exact) mass is 257 g/mol. The van der Waals surface area contributed by atoms with Gasteiger partial charge in [-0.05, 0) is 18.9 Å². The van der Waals surface area contributed by atoms with E-state index in [4.69, 9.17) is 4.74 Å². The van der Waals surface area contributed by atoms with Gasteiger partial charge in [0.15, 0.2) is 0 Å². The fourth-order valence-corrected chi connectivity index (χ4v) is 2.04. The molecule has 3 nitrogen and oxygen atoms in total. The first-order valence-corrected chi connectivity index (χ1v) is 5.52. The fourth-order valence-electron chi connectivity index (χ4n) is 1.73. The lowest BCUT2D eigenvalue weighted by atomic mass is 10.1. The van der Waals surface area contributed by atoms with Crippen molar-refractivity contribution in [1.82, 2.24) is 4.57 Å². The molecule has 1 aromatic rings. The maximum Gasteiger partial charge on any atom is 0.251 e. The summed E-state index contributed by atoms with van der Waals surface area (Å²) in [7, 11) is 0. The molecule has 0 radical (unpaired) electrons. The van der Waals surface area contributed by atoms with Crippen LogP contribution in [0, 0.1) is 0 Å². The number of halogens is 1. The highest BCUT2D eigenvalue weighted by molar-refractivity contribution is 9.10. The Kier molecular flexibility index (Phi) is 3.03. The molecule has 1 fully saturated rings. The SMILES string of the molecule is O=c1cc(Br)ccn1C1CCOCC1. The molecule has 0 bridgehead atoms. The summed E-state index contributed by atoms with van der Waals surface area (Å²) in [5.74, 6) is 0. The van der Waals surface area contributed by atoms with Crippen LogP contribution in [0.5, 0.6) is 0 Å². The molecule has 14 heavy (non-hydrogen) atoms. The van der Waals surface area contributed by atoms with Crippen LogP contribution in [0.4, 0.5) is 0 Å². The first-order chi connectivity index (χ1) is 6.77. The highest BCUT2D eigenvalue weighted by atomic mass is 79.9.